The molecule has 0 spiro atoms. The minimum atomic E-state index is -2.56. The van der Waals surface area contributed by atoms with E-state index in [1.54, 1.807) is 6.20 Å². The van der Waals surface area contributed by atoms with Crippen molar-refractivity contribution in [3.8, 4) is 0 Å². The van der Waals surface area contributed by atoms with Crippen LogP contribution in [0.2, 0.25) is 0 Å². The number of aryl methyl sites for hydroxylation is 1. The van der Waals surface area contributed by atoms with Gasteiger partial charge in [0.05, 0.1) is 0 Å². The molecule has 3 rings (SSSR count). The minimum Gasteiger partial charge on any atom is -0.296 e. The summed E-state index contributed by atoms with van der Waals surface area (Å²) in [6.07, 6.45) is 2.74. The zero-order chi connectivity index (χ0) is 18.4. The van der Waals surface area contributed by atoms with Crippen molar-refractivity contribution in [3.63, 3.8) is 0 Å². The van der Waals surface area contributed by atoms with E-state index >= 15 is 0 Å². The zero-order valence-electron chi connectivity index (χ0n) is 15.0. The van der Waals surface area contributed by atoms with Gasteiger partial charge < -0.3 is 0 Å². The number of nitrogens with zero attached hydrogens (tertiary/aromatic N) is 3. The van der Waals surface area contributed by atoms with Gasteiger partial charge in [0.25, 0.3) is 0 Å². The normalized spacial score (nSPS) is 17.0. The SMILES string of the molecule is CC.Cc1ncccc1Cc1noc(=O)n1CC1CCC(F)(F)CC1. The Balaban J connectivity index is 0.00000109. The summed E-state index contributed by atoms with van der Waals surface area (Å²) in [5.41, 5.74) is 1.83. The number of pyridine rings is 1. The molecule has 0 saturated heterocycles. The Kier molecular flexibility index (Phi) is 6.45. The van der Waals surface area contributed by atoms with Gasteiger partial charge in [-0.15, -0.1) is 0 Å². The molecule has 0 aromatic carbocycles. The second-order valence-electron chi connectivity index (χ2n) is 6.20. The molecular weight excluding hydrogens is 328 g/mol. The first-order valence-electron chi connectivity index (χ1n) is 8.78. The van der Waals surface area contributed by atoms with Crippen LogP contribution in [-0.4, -0.2) is 20.6 Å². The fourth-order valence-electron chi connectivity index (χ4n) is 3.02. The zero-order valence-corrected chi connectivity index (χ0v) is 15.0. The first kappa shape index (κ1) is 19.3. The molecule has 0 N–H and O–H groups in total. The monoisotopic (exact) mass is 353 g/mol. The Morgan fingerprint density at radius 3 is 2.64 bits per heavy atom. The molecule has 1 aliphatic rings. The topological polar surface area (TPSA) is 60.9 Å². The molecule has 0 unspecified atom stereocenters. The van der Waals surface area contributed by atoms with Crippen LogP contribution in [-0.2, 0) is 13.0 Å². The van der Waals surface area contributed by atoms with Crippen LogP contribution in [0.15, 0.2) is 27.6 Å². The number of halogens is 2. The molecule has 25 heavy (non-hydrogen) atoms. The molecule has 2 aromatic rings. The molecule has 1 saturated carbocycles. The predicted molar refractivity (Wildman–Crippen MR) is 90.8 cm³/mol. The van der Waals surface area contributed by atoms with Crippen LogP contribution in [0.4, 0.5) is 8.78 Å². The summed E-state index contributed by atoms with van der Waals surface area (Å²) in [6, 6.07) is 3.75. The molecule has 0 aliphatic heterocycles. The standard InChI is InChI=1S/C16H19F2N3O2.C2H6/c1-11-13(3-2-8-19-11)9-14-20-23-15(22)21(14)10-12-4-6-16(17,18)7-5-12;1-2/h2-3,8,12H,4-7,9-10H2,1H3;1-2H3. The summed E-state index contributed by atoms with van der Waals surface area (Å²) in [6.45, 7) is 6.27. The van der Waals surface area contributed by atoms with Gasteiger partial charge >= 0.3 is 5.76 Å². The van der Waals surface area contributed by atoms with Crippen LogP contribution in [0.3, 0.4) is 0 Å². The largest absolute Gasteiger partial charge is 0.441 e. The summed E-state index contributed by atoms with van der Waals surface area (Å²) in [5.74, 6) is -2.52. The van der Waals surface area contributed by atoms with E-state index < -0.39 is 11.7 Å². The Hall–Kier alpha value is -2.05. The predicted octanol–water partition coefficient (Wildman–Crippen LogP) is 3.98. The first-order valence-corrected chi connectivity index (χ1v) is 8.78. The van der Waals surface area contributed by atoms with Crippen LogP contribution < -0.4 is 5.76 Å². The van der Waals surface area contributed by atoms with Gasteiger partial charge in [-0.3, -0.25) is 14.1 Å². The van der Waals surface area contributed by atoms with Gasteiger partial charge in [-0.1, -0.05) is 25.1 Å². The Morgan fingerprint density at radius 1 is 1.32 bits per heavy atom. The maximum Gasteiger partial charge on any atom is 0.441 e. The van der Waals surface area contributed by atoms with E-state index in [1.165, 1.54) is 4.57 Å². The van der Waals surface area contributed by atoms with Gasteiger partial charge in [0.15, 0.2) is 5.82 Å². The van der Waals surface area contributed by atoms with Crippen LogP contribution in [0.5, 0.6) is 0 Å². The Labute approximate surface area is 146 Å². The third-order valence-electron chi connectivity index (χ3n) is 4.50. The van der Waals surface area contributed by atoms with Gasteiger partial charge in [-0.2, -0.15) is 0 Å². The van der Waals surface area contributed by atoms with Crippen molar-refractivity contribution in [3.05, 3.63) is 46.0 Å². The molecule has 2 heterocycles. The van der Waals surface area contributed by atoms with Crippen molar-refractivity contribution in [2.75, 3.05) is 0 Å². The van der Waals surface area contributed by atoms with Gasteiger partial charge in [0.1, 0.15) is 0 Å². The number of aromatic nitrogens is 3. The third kappa shape index (κ3) is 4.96. The van der Waals surface area contributed by atoms with Gasteiger partial charge in [-0.25, -0.2) is 13.6 Å². The average molecular weight is 353 g/mol. The molecule has 0 atom stereocenters. The lowest BCUT2D eigenvalue weighted by Crippen LogP contribution is -2.29. The highest BCUT2D eigenvalue weighted by atomic mass is 19.3. The van der Waals surface area contributed by atoms with E-state index in [0.717, 1.165) is 11.3 Å². The van der Waals surface area contributed by atoms with Crippen LogP contribution in [0.1, 0.15) is 56.6 Å². The highest BCUT2D eigenvalue weighted by Crippen LogP contribution is 2.36. The molecule has 0 bridgehead atoms. The minimum absolute atomic E-state index is 0.0560. The fraction of sp³-hybridized carbons (Fsp3) is 0.611. The van der Waals surface area contributed by atoms with E-state index in [4.69, 9.17) is 4.52 Å². The van der Waals surface area contributed by atoms with E-state index in [-0.39, 0.29) is 18.8 Å². The molecule has 1 aliphatic carbocycles. The summed E-state index contributed by atoms with van der Waals surface area (Å²) >= 11 is 0. The van der Waals surface area contributed by atoms with E-state index in [0.29, 0.717) is 31.6 Å². The molecule has 138 valence electrons. The van der Waals surface area contributed by atoms with Crippen molar-refractivity contribution < 1.29 is 13.3 Å². The third-order valence-corrected chi connectivity index (χ3v) is 4.50. The molecular formula is C18H25F2N3O2. The molecule has 1 fully saturated rings. The lowest BCUT2D eigenvalue weighted by Gasteiger charge is -2.28. The van der Waals surface area contributed by atoms with Crippen molar-refractivity contribution in [2.24, 2.45) is 5.92 Å². The second kappa shape index (κ2) is 8.36. The van der Waals surface area contributed by atoms with Crippen molar-refractivity contribution >= 4 is 0 Å². The van der Waals surface area contributed by atoms with E-state index in [2.05, 4.69) is 10.1 Å². The summed E-state index contributed by atoms with van der Waals surface area (Å²) < 4.78 is 32.7. The van der Waals surface area contributed by atoms with Crippen LogP contribution >= 0.6 is 0 Å². The van der Waals surface area contributed by atoms with Crippen LogP contribution in [0, 0.1) is 12.8 Å². The molecule has 5 nitrogen and oxygen atoms in total. The molecule has 7 heteroatoms. The van der Waals surface area contributed by atoms with Crippen LogP contribution in [0.25, 0.3) is 0 Å². The Morgan fingerprint density at radius 2 is 2.00 bits per heavy atom. The average Bonchev–Trinajstić information content (AvgIpc) is 2.94. The van der Waals surface area contributed by atoms with Crippen molar-refractivity contribution in [2.45, 2.75) is 65.3 Å². The molecule has 0 radical (unpaired) electrons. The Bertz CT molecular complexity index is 730. The quantitative estimate of drug-likeness (QED) is 0.834. The smallest absolute Gasteiger partial charge is 0.296 e. The number of hydrogen-bond donors (Lipinski definition) is 0. The summed E-state index contributed by atoms with van der Waals surface area (Å²) in [7, 11) is 0. The number of hydrogen-bond acceptors (Lipinski definition) is 4. The highest BCUT2D eigenvalue weighted by molar-refractivity contribution is 5.22. The molecule has 0 amide bonds. The highest BCUT2D eigenvalue weighted by Gasteiger charge is 2.35. The van der Waals surface area contributed by atoms with Gasteiger partial charge in [0, 0.05) is 37.7 Å². The maximum absolute atomic E-state index is 13.2. The first-order chi connectivity index (χ1) is 11.9. The lowest BCUT2D eigenvalue weighted by atomic mass is 9.86. The van der Waals surface area contributed by atoms with Crippen molar-refractivity contribution in [1.82, 2.24) is 14.7 Å². The fourth-order valence-corrected chi connectivity index (χ4v) is 3.02. The summed E-state index contributed by atoms with van der Waals surface area (Å²) in [4.78, 5) is 16.1. The summed E-state index contributed by atoms with van der Waals surface area (Å²) in [5, 5.41) is 3.85. The van der Waals surface area contributed by atoms with E-state index in [1.807, 2.05) is 32.9 Å². The molecule has 2 aromatic heterocycles. The van der Waals surface area contributed by atoms with E-state index in [9.17, 15) is 13.6 Å². The lowest BCUT2D eigenvalue weighted by molar-refractivity contribution is -0.0475. The number of alkyl halides is 2. The van der Waals surface area contributed by atoms with Gasteiger partial charge in [-0.05, 0) is 37.3 Å². The number of rotatable bonds is 4. The van der Waals surface area contributed by atoms with Crippen molar-refractivity contribution in [1.29, 1.82) is 0 Å². The van der Waals surface area contributed by atoms with Gasteiger partial charge in [0.2, 0.25) is 5.92 Å². The second-order valence-corrected chi connectivity index (χ2v) is 6.20. The maximum atomic E-state index is 13.2.